The highest BCUT2D eigenvalue weighted by atomic mass is 31.2. The number of aromatic nitrogens is 2. The van der Waals surface area contributed by atoms with Gasteiger partial charge in [-0.05, 0) is 62.1 Å². The molecule has 262 valence electrons. The number of nitriles is 1. The van der Waals surface area contributed by atoms with Crippen LogP contribution in [-0.2, 0) is 22.0 Å². The third kappa shape index (κ3) is 8.94. The molecule has 5 rings (SSSR count). The number of anilines is 4. The summed E-state index contributed by atoms with van der Waals surface area (Å²) in [6.45, 7) is 1.81. The van der Waals surface area contributed by atoms with Crippen LogP contribution in [0.3, 0.4) is 0 Å². The molecule has 1 amide bonds. The Morgan fingerprint density at radius 2 is 1.63 bits per heavy atom. The Balaban J connectivity index is 1.18. The maximum atomic E-state index is 14.0. The summed E-state index contributed by atoms with van der Waals surface area (Å²) in [6, 6.07) is 9.85. The molecular formula is C31H36F3N8O6P. The lowest BCUT2D eigenvalue weighted by Gasteiger charge is -2.34. The predicted octanol–water partition coefficient (Wildman–Crippen LogP) is 2.56. The molecule has 2 fully saturated rings. The Morgan fingerprint density at radius 1 is 0.980 bits per heavy atom. The number of carbonyl (C=O) groups excluding carboxylic acids is 1. The van der Waals surface area contributed by atoms with Crippen LogP contribution in [0.25, 0.3) is 0 Å². The maximum Gasteiger partial charge on any atom is 0.451 e. The molecule has 0 aliphatic carbocycles. The van der Waals surface area contributed by atoms with Crippen molar-refractivity contribution in [2.24, 2.45) is 5.92 Å². The topological polar surface area (TPSA) is 201 Å². The van der Waals surface area contributed by atoms with Gasteiger partial charge < -0.3 is 35.5 Å². The second-order valence-electron chi connectivity index (χ2n) is 12.2. The molecule has 3 heterocycles. The fraction of sp³-hybridized carbons (Fsp3) is 0.484. The van der Waals surface area contributed by atoms with E-state index in [1.165, 1.54) is 6.07 Å². The van der Waals surface area contributed by atoms with E-state index in [1.807, 2.05) is 0 Å². The molecule has 2 aliphatic heterocycles. The molecule has 0 saturated carbocycles. The largest absolute Gasteiger partial charge is 0.451 e. The molecule has 0 spiro atoms. The molecule has 2 aliphatic rings. The molecule has 1 unspecified atom stereocenters. The van der Waals surface area contributed by atoms with Crippen molar-refractivity contribution >= 4 is 36.5 Å². The van der Waals surface area contributed by atoms with Crippen LogP contribution in [0.2, 0.25) is 0 Å². The van der Waals surface area contributed by atoms with Crippen molar-refractivity contribution in [3.05, 3.63) is 67.7 Å². The van der Waals surface area contributed by atoms with Crippen LogP contribution < -0.4 is 36.6 Å². The van der Waals surface area contributed by atoms with Gasteiger partial charge in [-0.1, -0.05) is 12.1 Å². The standard InChI is InChI=1S/C31H36F3N8O6P/c32-31(33,34)30-39-23(41-14-9-20(10-15-41)7-11-36-25-26(28(44)27(25)43)38-18-49(46,47)48)16-24(40-30)42-13-1-2-22(42)29(45)37-12-8-19-3-5-21(17-35)6-4-19/h3-6,16,20,22,36,38H,1-2,7-15,18H2,(H,37,45)(H2,46,47,48). The first-order valence-corrected chi connectivity index (χ1v) is 17.6. The Labute approximate surface area is 279 Å². The molecule has 5 N–H and O–H groups in total. The summed E-state index contributed by atoms with van der Waals surface area (Å²) in [7, 11) is -4.44. The first kappa shape index (κ1) is 35.8. The van der Waals surface area contributed by atoms with Crippen molar-refractivity contribution in [1.82, 2.24) is 15.3 Å². The minimum absolute atomic E-state index is 0.0238. The fourth-order valence-electron chi connectivity index (χ4n) is 6.13. The average Bonchev–Trinajstić information content (AvgIpc) is 3.57. The van der Waals surface area contributed by atoms with E-state index in [0.29, 0.717) is 76.8 Å². The molecule has 14 nitrogen and oxygen atoms in total. The maximum absolute atomic E-state index is 14.0. The molecule has 1 aromatic heterocycles. The van der Waals surface area contributed by atoms with Crippen molar-refractivity contribution < 1.29 is 32.3 Å². The fourth-order valence-corrected chi connectivity index (χ4v) is 6.49. The molecule has 2 saturated heterocycles. The lowest BCUT2D eigenvalue weighted by atomic mass is 9.93. The molecule has 2 aromatic carbocycles. The van der Waals surface area contributed by atoms with Crippen molar-refractivity contribution in [3.63, 3.8) is 0 Å². The number of carbonyl (C=O) groups is 1. The summed E-state index contributed by atoms with van der Waals surface area (Å²) in [4.78, 5) is 66.0. The highest BCUT2D eigenvalue weighted by Crippen LogP contribution is 2.35. The van der Waals surface area contributed by atoms with Crippen molar-refractivity contribution in [3.8, 4) is 6.07 Å². The van der Waals surface area contributed by atoms with Crippen LogP contribution in [0.5, 0.6) is 0 Å². The summed E-state index contributed by atoms with van der Waals surface area (Å²) >= 11 is 0. The number of benzene rings is 1. The van der Waals surface area contributed by atoms with Crippen LogP contribution >= 0.6 is 7.60 Å². The quantitative estimate of drug-likeness (QED) is 0.129. The van der Waals surface area contributed by atoms with Crippen molar-refractivity contribution in [1.29, 1.82) is 5.26 Å². The average molecular weight is 705 g/mol. The predicted molar refractivity (Wildman–Crippen MR) is 175 cm³/mol. The Kier molecular flexibility index (Phi) is 10.9. The van der Waals surface area contributed by atoms with E-state index in [0.717, 1.165) is 5.56 Å². The van der Waals surface area contributed by atoms with E-state index in [-0.39, 0.29) is 34.8 Å². The van der Waals surface area contributed by atoms with E-state index in [2.05, 4.69) is 32.0 Å². The summed E-state index contributed by atoms with van der Waals surface area (Å²) in [6.07, 6.45) is -2.17. The van der Waals surface area contributed by atoms with E-state index in [4.69, 9.17) is 15.0 Å². The van der Waals surface area contributed by atoms with Crippen LogP contribution in [0.4, 0.5) is 36.2 Å². The van der Waals surface area contributed by atoms with Gasteiger partial charge in [-0.15, -0.1) is 0 Å². The summed E-state index contributed by atoms with van der Waals surface area (Å²) in [5.74, 6) is -1.28. The number of halogens is 3. The van der Waals surface area contributed by atoms with E-state index >= 15 is 0 Å². The van der Waals surface area contributed by atoms with Crippen LogP contribution in [0.15, 0.2) is 39.9 Å². The van der Waals surface area contributed by atoms with Gasteiger partial charge in [0.1, 0.15) is 35.3 Å². The molecule has 0 radical (unpaired) electrons. The molecule has 3 aromatic rings. The summed E-state index contributed by atoms with van der Waals surface area (Å²) < 4.78 is 53.0. The Bertz CT molecular complexity index is 1810. The Hall–Kier alpha value is -4.52. The van der Waals surface area contributed by atoms with Gasteiger partial charge in [-0.2, -0.15) is 18.4 Å². The highest BCUT2D eigenvalue weighted by molar-refractivity contribution is 7.51. The number of piperidine rings is 1. The van der Waals surface area contributed by atoms with Crippen molar-refractivity contribution in [2.45, 2.75) is 50.7 Å². The number of hydrogen-bond donors (Lipinski definition) is 5. The lowest BCUT2D eigenvalue weighted by molar-refractivity contribution is -0.144. The molecule has 0 bridgehead atoms. The van der Waals surface area contributed by atoms with E-state index in [9.17, 15) is 32.1 Å². The van der Waals surface area contributed by atoms with E-state index < -0.39 is 42.8 Å². The van der Waals surface area contributed by atoms with Gasteiger partial charge in [0, 0.05) is 38.8 Å². The third-order valence-electron chi connectivity index (χ3n) is 8.76. The smallest absolute Gasteiger partial charge is 0.380 e. The number of alkyl halides is 3. The minimum atomic E-state index is -4.80. The van der Waals surface area contributed by atoms with Gasteiger partial charge in [0.25, 0.3) is 10.9 Å². The van der Waals surface area contributed by atoms with Gasteiger partial charge in [-0.25, -0.2) is 9.97 Å². The summed E-state index contributed by atoms with van der Waals surface area (Å²) in [5.41, 5.74) is -0.352. The van der Waals surface area contributed by atoms with Gasteiger partial charge in [0.15, 0.2) is 0 Å². The number of amides is 1. The Morgan fingerprint density at radius 3 is 2.27 bits per heavy atom. The zero-order valence-corrected chi connectivity index (χ0v) is 27.3. The monoisotopic (exact) mass is 704 g/mol. The summed E-state index contributed by atoms with van der Waals surface area (Å²) in [5, 5.41) is 17.0. The highest BCUT2D eigenvalue weighted by Gasteiger charge is 2.39. The van der Waals surface area contributed by atoms with Crippen molar-refractivity contribution in [2.75, 3.05) is 59.4 Å². The second kappa shape index (κ2) is 14.9. The van der Waals surface area contributed by atoms with Crippen LogP contribution in [0, 0.1) is 17.2 Å². The zero-order chi connectivity index (χ0) is 35.3. The first-order valence-electron chi connectivity index (χ1n) is 15.8. The molecule has 18 heteroatoms. The second-order valence-corrected chi connectivity index (χ2v) is 13.8. The van der Waals surface area contributed by atoms with Gasteiger partial charge in [-0.3, -0.25) is 18.9 Å². The van der Waals surface area contributed by atoms with Crippen LogP contribution in [-0.4, -0.2) is 70.7 Å². The number of nitrogens with one attached hydrogen (secondary N) is 3. The zero-order valence-electron chi connectivity index (χ0n) is 26.4. The van der Waals surface area contributed by atoms with Gasteiger partial charge in [0.2, 0.25) is 11.7 Å². The normalized spacial score (nSPS) is 17.3. The minimum Gasteiger partial charge on any atom is -0.380 e. The molecule has 49 heavy (non-hydrogen) atoms. The van der Waals surface area contributed by atoms with E-state index in [1.54, 1.807) is 34.1 Å². The number of hydrogen-bond acceptors (Lipinski definition) is 11. The number of rotatable bonds is 13. The van der Waals surface area contributed by atoms with Gasteiger partial charge in [0.05, 0.1) is 11.6 Å². The molecule has 1 atom stereocenters. The lowest BCUT2D eigenvalue weighted by Crippen LogP contribution is -2.44. The number of nitrogens with zero attached hydrogens (tertiary/aromatic N) is 5. The van der Waals surface area contributed by atoms with Crippen LogP contribution in [0.1, 0.15) is 49.1 Å². The molecular weight excluding hydrogens is 668 g/mol. The first-order chi connectivity index (χ1) is 23.2. The third-order valence-corrected chi connectivity index (χ3v) is 9.33. The van der Waals surface area contributed by atoms with Gasteiger partial charge >= 0.3 is 13.8 Å². The SMILES string of the molecule is N#Cc1ccc(CCNC(=O)C2CCCN2c2cc(N3CCC(CCNc4c(NCP(=O)(O)O)c(=O)c4=O)CC3)nc(C(F)(F)F)n2)cc1.